The van der Waals surface area contributed by atoms with Gasteiger partial charge in [0.15, 0.2) is 0 Å². The predicted molar refractivity (Wildman–Crippen MR) is 97.1 cm³/mol. The van der Waals surface area contributed by atoms with E-state index in [1.54, 1.807) is 0 Å². The number of hydrogen-bond acceptors (Lipinski definition) is 0. The second kappa shape index (κ2) is 7.08. The highest BCUT2D eigenvalue weighted by atomic mass is 31.1. The minimum Gasteiger partial charge on any atom is -0.0622 e. The highest BCUT2D eigenvalue weighted by Gasteiger charge is 2.10. The molecule has 3 aromatic rings. The number of rotatable bonds is 2. The van der Waals surface area contributed by atoms with Crippen LogP contribution in [-0.4, -0.2) is 0 Å². The van der Waals surface area contributed by atoms with Crippen molar-refractivity contribution in [3.05, 3.63) is 96.1 Å². The van der Waals surface area contributed by atoms with Gasteiger partial charge in [-0.2, -0.15) is 0 Å². The summed E-state index contributed by atoms with van der Waals surface area (Å²) in [5.74, 6) is 3.35. The summed E-state index contributed by atoms with van der Waals surface area (Å²) in [6, 6.07) is 29.5. The van der Waals surface area contributed by atoms with Gasteiger partial charge in [0.2, 0.25) is 0 Å². The van der Waals surface area contributed by atoms with Gasteiger partial charge in [-0.05, 0) is 29.7 Å². The first kappa shape index (κ1) is 14.6. The minimum absolute atomic E-state index is 0.643. The molecule has 3 rings (SSSR count). The zero-order valence-corrected chi connectivity index (χ0v) is 13.4. The molecular weight excluding hydrogens is 283 g/mol. The number of hydrogen-bond donors (Lipinski definition) is 0. The van der Waals surface area contributed by atoms with Crippen LogP contribution in [0.3, 0.4) is 0 Å². The van der Waals surface area contributed by atoms with Gasteiger partial charge in [-0.15, -0.1) is 0 Å². The molecule has 0 N–H and O–H groups in total. The lowest BCUT2D eigenvalue weighted by Gasteiger charge is -2.11. The molecule has 0 fully saturated rings. The number of benzene rings is 3. The van der Waals surface area contributed by atoms with E-state index >= 15 is 0 Å². The smallest absolute Gasteiger partial charge is 0.0348 e. The molecule has 106 valence electrons. The van der Waals surface area contributed by atoms with Crippen LogP contribution in [0.1, 0.15) is 11.1 Å². The second-order valence-electron chi connectivity index (χ2n) is 5.11. The molecule has 0 atom stereocenters. The summed E-state index contributed by atoms with van der Waals surface area (Å²) in [6.45, 7) is 2.10. The van der Waals surface area contributed by atoms with E-state index in [0.717, 1.165) is 5.56 Å². The van der Waals surface area contributed by atoms with Gasteiger partial charge in [0.1, 0.15) is 0 Å². The molecule has 0 aliphatic carbocycles. The Balaban J connectivity index is 1.98. The Labute approximate surface area is 133 Å². The average Bonchev–Trinajstić information content (AvgIpc) is 2.59. The Bertz CT molecular complexity index is 739. The lowest BCUT2D eigenvalue weighted by atomic mass is 10.2. The summed E-state index contributed by atoms with van der Waals surface area (Å²) in [5.41, 5.74) is 5.84. The summed E-state index contributed by atoms with van der Waals surface area (Å²) in [6.07, 6.45) is 0. The summed E-state index contributed by atoms with van der Waals surface area (Å²) in [7, 11) is -0.643. The van der Waals surface area contributed by atoms with Crippen LogP contribution < -0.4 is 10.6 Å². The summed E-state index contributed by atoms with van der Waals surface area (Å²) < 4.78 is 0. The zero-order chi connectivity index (χ0) is 15.2. The van der Waals surface area contributed by atoms with Crippen LogP contribution in [0.5, 0.6) is 0 Å². The lowest BCUT2D eigenvalue weighted by Crippen LogP contribution is -2.09. The Kier molecular flexibility index (Phi) is 4.69. The fourth-order valence-electron chi connectivity index (χ4n) is 2.19. The van der Waals surface area contributed by atoms with Crippen molar-refractivity contribution in [3.63, 3.8) is 0 Å². The van der Waals surface area contributed by atoms with Gasteiger partial charge < -0.3 is 0 Å². The molecule has 0 nitrogen and oxygen atoms in total. The van der Waals surface area contributed by atoms with E-state index in [4.69, 9.17) is 0 Å². The first-order valence-electron chi connectivity index (χ1n) is 7.31. The first-order valence-corrected chi connectivity index (χ1v) is 8.66. The molecule has 0 spiro atoms. The van der Waals surface area contributed by atoms with Gasteiger partial charge in [0.25, 0.3) is 0 Å². The van der Waals surface area contributed by atoms with Gasteiger partial charge in [0, 0.05) is 13.5 Å². The van der Waals surface area contributed by atoms with Crippen LogP contribution in [0.4, 0.5) is 0 Å². The van der Waals surface area contributed by atoms with E-state index in [1.165, 1.54) is 16.2 Å². The highest BCUT2D eigenvalue weighted by Crippen LogP contribution is 2.31. The maximum absolute atomic E-state index is 3.50. The number of aryl methyl sites for hydroxylation is 1. The third-order valence-corrected chi connectivity index (χ3v) is 5.36. The van der Waals surface area contributed by atoms with Crippen molar-refractivity contribution in [1.82, 2.24) is 0 Å². The lowest BCUT2D eigenvalue weighted by molar-refractivity contribution is 1.46. The van der Waals surface area contributed by atoms with Crippen LogP contribution in [0.2, 0.25) is 0 Å². The normalized spacial score (nSPS) is 10.1. The van der Waals surface area contributed by atoms with Crippen molar-refractivity contribution in [2.24, 2.45) is 0 Å². The van der Waals surface area contributed by atoms with Gasteiger partial charge in [-0.3, -0.25) is 0 Å². The van der Waals surface area contributed by atoms with E-state index in [0.29, 0.717) is 0 Å². The van der Waals surface area contributed by atoms with Crippen molar-refractivity contribution >= 4 is 18.5 Å². The maximum atomic E-state index is 3.50. The molecule has 0 aromatic heterocycles. The summed E-state index contributed by atoms with van der Waals surface area (Å²) in [5, 5.41) is 2.59. The molecule has 0 aliphatic heterocycles. The first-order chi connectivity index (χ1) is 10.8. The van der Waals surface area contributed by atoms with Crippen molar-refractivity contribution in [2.45, 2.75) is 6.92 Å². The summed E-state index contributed by atoms with van der Waals surface area (Å²) >= 11 is 0. The topological polar surface area (TPSA) is 0 Å². The molecule has 3 aromatic carbocycles. The zero-order valence-electron chi connectivity index (χ0n) is 12.5. The van der Waals surface area contributed by atoms with E-state index < -0.39 is 7.92 Å². The van der Waals surface area contributed by atoms with Gasteiger partial charge in [-0.1, -0.05) is 89.9 Å². The maximum Gasteiger partial charge on any atom is 0.0348 e. The van der Waals surface area contributed by atoms with Gasteiger partial charge in [0.05, 0.1) is 0 Å². The fourth-order valence-corrected chi connectivity index (χ4v) is 3.93. The average molecular weight is 300 g/mol. The minimum atomic E-state index is -0.643. The van der Waals surface area contributed by atoms with Crippen LogP contribution in [0.15, 0.2) is 84.9 Å². The molecule has 0 bridgehead atoms. The third kappa shape index (κ3) is 3.64. The Hall–Kier alpha value is -2.35. The quantitative estimate of drug-likeness (QED) is 0.485. The molecule has 0 radical (unpaired) electrons. The molecule has 0 saturated carbocycles. The molecule has 0 aliphatic rings. The monoisotopic (exact) mass is 300 g/mol. The Morgan fingerprint density at radius 3 is 1.64 bits per heavy atom. The highest BCUT2D eigenvalue weighted by molar-refractivity contribution is 7.77. The van der Waals surface area contributed by atoms with E-state index in [1.807, 2.05) is 0 Å². The SMILES string of the molecule is Cc1ccc(C#CP(c2ccccc2)c2ccccc2)cc1. The van der Waals surface area contributed by atoms with Crippen molar-refractivity contribution in [1.29, 1.82) is 0 Å². The predicted octanol–water partition coefficient (Wildman–Crippen LogP) is 4.44. The van der Waals surface area contributed by atoms with Crippen molar-refractivity contribution < 1.29 is 0 Å². The van der Waals surface area contributed by atoms with Crippen molar-refractivity contribution in [3.8, 4) is 11.6 Å². The molecule has 0 unspecified atom stereocenters. The molecule has 0 amide bonds. The largest absolute Gasteiger partial charge is 0.0622 e. The molecule has 0 heterocycles. The van der Waals surface area contributed by atoms with Crippen molar-refractivity contribution in [2.75, 3.05) is 0 Å². The summed E-state index contributed by atoms with van der Waals surface area (Å²) in [4.78, 5) is 0. The van der Waals surface area contributed by atoms with Crippen LogP contribution in [0, 0.1) is 18.5 Å². The van der Waals surface area contributed by atoms with Crippen LogP contribution >= 0.6 is 7.92 Å². The van der Waals surface area contributed by atoms with E-state index in [2.05, 4.69) is 103 Å². The molecule has 0 saturated heterocycles. The molecule has 1 heteroatoms. The Morgan fingerprint density at radius 1 is 0.636 bits per heavy atom. The standard InChI is InChI=1S/C21H17P/c1-18-12-14-19(15-13-18)16-17-22(20-8-4-2-5-9-20)21-10-6-3-7-11-21/h2-15H,1H3. The second-order valence-corrected chi connectivity index (χ2v) is 7.04. The van der Waals surface area contributed by atoms with E-state index in [9.17, 15) is 0 Å². The third-order valence-electron chi connectivity index (χ3n) is 3.39. The fraction of sp³-hybridized carbons (Fsp3) is 0.0476. The van der Waals surface area contributed by atoms with E-state index in [-0.39, 0.29) is 0 Å². The van der Waals surface area contributed by atoms with Gasteiger partial charge in [-0.25, -0.2) is 0 Å². The van der Waals surface area contributed by atoms with Crippen LogP contribution in [-0.2, 0) is 0 Å². The van der Waals surface area contributed by atoms with Crippen LogP contribution in [0.25, 0.3) is 0 Å². The molecule has 22 heavy (non-hydrogen) atoms. The molecular formula is C21H17P. The Morgan fingerprint density at radius 2 is 1.14 bits per heavy atom. The van der Waals surface area contributed by atoms with Gasteiger partial charge >= 0.3 is 0 Å².